The van der Waals surface area contributed by atoms with Gasteiger partial charge in [0.05, 0.1) is 18.8 Å². The molecule has 1 aromatic carbocycles. The van der Waals surface area contributed by atoms with Gasteiger partial charge in [-0.2, -0.15) is 0 Å². The number of aryl methyl sites for hydroxylation is 1. The Kier molecular flexibility index (Phi) is 4.57. The van der Waals surface area contributed by atoms with Gasteiger partial charge in [0.15, 0.2) is 0 Å². The van der Waals surface area contributed by atoms with E-state index in [-0.39, 0.29) is 6.04 Å². The molecule has 0 aliphatic heterocycles. The number of hydrogen-bond acceptors (Lipinski definition) is 2. The van der Waals surface area contributed by atoms with Gasteiger partial charge in [0.1, 0.15) is 0 Å². The van der Waals surface area contributed by atoms with Crippen LogP contribution in [0.4, 0.5) is 0 Å². The second kappa shape index (κ2) is 6.18. The summed E-state index contributed by atoms with van der Waals surface area (Å²) in [6.07, 6.45) is 6.54. The van der Waals surface area contributed by atoms with Gasteiger partial charge in [-0.3, -0.25) is 0 Å². The first kappa shape index (κ1) is 12.6. The minimum atomic E-state index is 0.0197. The summed E-state index contributed by atoms with van der Waals surface area (Å²) >= 11 is 0. The molecule has 0 heterocycles. The monoisotopic (exact) mass is 233 g/mol. The third kappa shape index (κ3) is 3.55. The van der Waals surface area contributed by atoms with E-state index in [1.807, 2.05) is 0 Å². The van der Waals surface area contributed by atoms with Crippen molar-refractivity contribution in [3.05, 3.63) is 35.4 Å². The fourth-order valence-corrected chi connectivity index (χ4v) is 2.09. The van der Waals surface area contributed by atoms with Crippen LogP contribution >= 0.6 is 0 Å². The van der Waals surface area contributed by atoms with Crippen molar-refractivity contribution in [2.75, 3.05) is 6.61 Å². The molecule has 0 radical (unpaired) electrons. The van der Waals surface area contributed by atoms with Crippen LogP contribution in [0, 0.1) is 0 Å². The first-order valence-electron chi connectivity index (χ1n) is 6.75. The van der Waals surface area contributed by atoms with Crippen molar-refractivity contribution in [2.45, 2.75) is 51.2 Å². The zero-order valence-corrected chi connectivity index (χ0v) is 10.7. The summed E-state index contributed by atoms with van der Waals surface area (Å²) < 4.78 is 5.75. The van der Waals surface area contributed by atoms with E-state index >= 15 is 0 Å². The molecular formula is C15H23NO. The number of nitrogens with two attached hydrogens (primary N) is 1. The van der Waals surface area contributed by atoms with E-state index in [9.17, 15) is 0 Å². The molecule has 0 spiro atoms. The Bertz CT molecular complexity index is 329. The lowest BCUT2D eigenvalue weighted by Gasteiger charge is -2.27. The molecule has 1 aliphatic carbocycles. The molecule has 0 aromatic heterocycles. The Hall–Kier alpha value is -0.860. The molecule has 1 fully saturated rings. The van der Waals surface area contributed by atoms with Gasteiger partial charge >= 0.3 is 0 Å². The van der Waals surface area contributed by atoms with Crippen molar-refractivity contribution >= 4 is 0 Å². The number of rotatable bonds is 6. The molecule has 1 unspecified atom stereocenters. The Morgan fingerprint density at radius 1 is 1.29 bits per heavy atom. The summed E-state index contributed by atoms with van der Waals surface area (Å²) in [7, 11) is 0. The molecule has 1 aliphatic rings. The second-order valence-corrected chi connectivity index (χ2v) is 4.98. The highest BCUT2D eigenvalue weighted by atomic mass is 16.5. The predicted octanol–water partition coefficient (Wildman–Crippen LogP) is 3.21. The van der Waals surface area contributed by atoms with Gasteiger partial charge in [-0.05, 0) is 36.8 Å². The predicted molar refractivity (Wildman–Crippen MR) is 71.0 cm³/mol. The van der Waals surface area contributed by atoms with Crippen LogP contribution in [-0.2, 0) is 11.2 Å². The Morgan fingerprint density at radius 3 is 2.53 bits per heavy atom. The lowest BCUT2D eigenvalue weighted by atomic mass is 9.96. The molecule has 0 amide bonds. The molecule has 0 saturated heterocycles. The van der Waals surface area contributed by atoms with Gasteiger partial charge in [0.2, 0.25) is 0 Å². The summed E-state index contributed by atoms with van der Waals surface area (Å²) in [5.41, 5.74) is 8.70. The molecule has 2 heteroatoms. The van der Waals surface area contributed by atoms with Gasteiger partial charge in [-0.25, -0.2) is 0 Å². The standard InChI is InChI=1S/C15H23NO/c1-2-4-12-7-9-13(10-8-12)15(16)11-17-14-5-3-6-14/h7-10,14-15H,2-6,11,16H2,1H3. The third-order valence-corrected chi connectivity index (χ3v) is 3.51. The van der Waals surface area contributed by atoms with Crippen LogP contribution in [0.1, 0.15) is 49.8 Å². The van der Waals surface area contributed by atoms with E-state index in [0.717, 1.165) is 6.42 Å². The fraction of sp³-hybridized carbons (Fsp3) is 0.600. The van der Waals surface area contributed by atoms with Crippen LogP contribution in [0.25, 0.3) is 0 Å². The van der Waals surface area contributed by atoms with E-state index in [1.165, 1.54) is 36.8 Å². The lowest BCUT2D eigenvalue weighted by molar-refractivity contribution is -0.00445. The van der Waals surface area contributed by atoms with Crippen LogP contribution in [0.2, 0.25) is 0 Å². The molecule has 2 rings (SSSR count). The zero-order valence-electron chi connectivity index (χ0n) is 10.7. The third-order valence-electron chi connectivity index (χ3n) is 3.51. The molecule has 1 saturated carbocycles. The Balaban J connectivity index is 1.82. The van der Waals surface area contributed by atoms with E-state index in [2.05, 4.69) is 31.2 Å². The molecule has 0 bridgehead atoms. The van der Waals surface area contributed by atoms with Crippen molar-refractivity contribution in [1.82, 2.24) is 0 Å². The molecule has 17 heavy (non-hydrogen) atoms. The minimum absolute atomic E-state index is 0.0197. The van der Waals surface area contributed by atoms with E-state index in [4.69, 9.17) is 10.5 Å². The zero-order chi connectivity index (χ0) is 12.1. The van der Waals surface area contributed by atoms with Crippen LogP contribution < -0.4 is 5.73 Å². The second-order valence-electron chi connectivity index (χ2n) is 4.98. The Labute approximate surface area is 104 Å². The highest BCUT2D eigenvalue weighted by Gasteiger charge is 2.19. The normalized spacial score (nSPS) is 17.8. The summed E-state index contributed by atoms with van der Waals surface area (Å²) in [6.45, 7) is 2.85. The fourth-order valence-electron chi connectivity index (χ4n) is 2.09. The summed E-state index contributed by atoms with van der Waals surface area (Å²) in [4.78, 5) is 0. The van der Waals surface area contributed by atoms with E-state index < -0.39 is 0 Å². The molecule has 2 nitrogen and oxygen atoms in total. The Morgan fingerprint density at radius 2 is 2.00 bits per heavy atom. The van der Waals surface area contributed by atoms with Gasteiger partial charge in [-0.1, -0.05) is 37.6 Å². The van der Waals surface area contributed by atoms with Crippen molar-refractivity contribution in [2.24, 2.45) is 5.73 Å². The van der Waals surface area contributed by atoms with Crippen molar-refractivity contribution in [1.29, 1.82) is 0 Å². The van der Waals surface area contributed by atoms with Crippen molar-refractivity contribution < 1.29 is 4.74 Å². The molecule has 1 aromatic rings. The van der Waals surface area contributed by atoms with Gasteiger partial charge in [-0.15, -0.1) is 0 Å². The number of ether oxygens (including phenoxy) is 1. The van der Waals surface area contributed by atoms with E-state index in [0.29, 0.717) is 12.7 Å². The van der Waals surface area contributed by atoms with Crippen LogP contribution in [0.3, 0.4) is 0 Å². The highest BCUT2D eigenvalue weighted by molar-refractivity contribution is 5.25. The van der Waals surface area contributed by atoms with E-state index in [1.54, 1.807) is 0 Å². The van der Waals surface area contributed by atoms with Crippen LogP contribution in [0.15, 0.2) is 24.3 Å². The maximum Gasteiger partial charge on any atom is 0.0663 e. The largest absolute Gasteiger partial charge is 0.376 e. The SMILES string of the molecule is CCCc1ccc(C(N)COC2CCC2)cc1. The van der Waals surface area contributed by atoms with Crippen molar-refractivity contribution in [3.8, 4) is 0 Å². The topological polar surface area (TPSA) is 35.2 Å². The summed E-state index contributed by atoms with van der Waals surface area (Å²) in [5, 5.41) is 0. The molecule has 1 atom stereocenters. The number of hydrogen-bond donors (Lipinski definition) is 1. The quantitative estimate of drug-likeness (QED) is 0.819. The number of benzene rings is 1. The highest BCUT2D eigenvalue weighted by Crippen LogP contribution is 2.23. The summed E-state index contributed by atoms with van der Waals surface area (Å²) in [6, 6.07) is 8.66. The van der Waals surface area contributed by atoms with Gasteiger partial charge in [0, 0.05) is 0 Å². The average Bonchev–Trinajstić information content (AvgIpc) is 2.28. The van der Waals surface area contributed by atoms with Gasteiger partial charge < -0.3 is 10.5 Å². The van der Waals surface area contributed by atoms with Crippen LogP contribution in [-0.4, -0.2) is 12.7 Å². The minimum Gasteiger partial charge on any atom is -0.376 e. The molecular weight excluding hydrogens is 210 g/mol. The van der Waals surface area contributed by atoms with Crippen molar-refractivity contribution in [3.63, 3.8) is 0 Å². The molecule has 2 N–H and O–H groups in total. The summed E-state index contributed by atoms with van der Waals surface area (Å²) in [5.74, 6) is 0. The average molecular weight is 233 g/mol. The van der Waals surface area contributed by atoms with Crippen LogP contribution in [0.5, 0.6) is 0 Å². The maximum absolute atomic E-state index is 6.12. The maximum atomic E-state index is 6.12. The smallest absolute Gasteiger partial charge is 0.0663 e. The first-order chi connectivity index (χ1) is 8.29. The molecule has 94 valence electrons. The first-order valence-corrected chi connectivity index (χ1v) is 6.75. The lowest BCUT2D eigenvalue weighted by Crippen LogP contribution is -2.26. The van der Waals surface area contributed by atoms with Gasteiger partial charge in [0.25, 0.3) is 0 Å².